The van der Waals surface area contributed by atoms with Gasteiger partial charge in [0.2, 0.25) is 0 Å². The zero-order valence-electron chi connectivity index (χ0n) is 17.3. The minimum Gasteiger partial charge on any atom is -0.337 e. The third-order valence-electron chi connectivity index (χ3n) is 4.47. The fourth-order valence-electron chi connectivity index (χ4n) is 2.90. The van der Waals surface area contributed by atoms with Gasteiger partial charge in [-0.2, -0.15) is 0 Å². The minimum atomic E-state index is -0.249. The number of nitrogens with zero attached hydrogens (tertiary/aromatic N) is 6. The predicted octanol–water partition coefficient (Wildman–Crippen LogP) is 1.98. The highest BCUT2D eigenvalue weighted by Crippen LogP contribution is 2.10. The Morgan fingerprint density at radius 3 is 1.17 bits per heavy atom. The van der Waals surface area contributed by atoms with E-state index in [0.717, 1.165) is 25.7 Å². The molecule has 4 N–H and O–H groups in total. The van der Waals surface area contributed by atoms with Gasteiger partial charge in [-0.3, -0.25) is 0 Å². The molecule has 30 heavy (non-hydrogen) atoms. The van der Waals surface area contributed by atoms with Crippen molar-refractivity contribution in [2.45, 2.75) is 64.2 Å². The molecule has 4 amide bonds. The van der Waals surface area contributed by atoms with E-state index in [0.29, 0.717) is 13.1 Å². The maximum absolute atomic E-state index is 11.6. The molecular weight excluding hydrogens is 388 g/mol. The Morgan fingerprint density at radius 2 is 0.833 bits per heavy atom. The summed E-state index contributed by atoms with van der Waals surface area (Å²) >= 11 is 0. The predicted molar refractivity (Wildman–Crippen MR) is 112 cm³/mol. The first-order valence-electron chi connectivity index (χ1n) is 10.5. The summed E-state index contributed by atoms with van der Waals surface area (Å²) in [5.74, 6) is 0. The second kappa shape index (κ2) is 14.8. The monoisotopic (exact) mass is 420 g/mol. The molecule has 0 saturated heterocycles. The Morgan fingerprint density at radius 1 is 0.533 bits per heavy atom. The Bertz CT molecular complexity index is 630. The standard InChI is InChI=1S/C18H32N10O2/c29-17(25-27-13-21-22-14-27)19-11-9-7-5-3-1-2-4-6-8-10-12-20-18(30)26-28-15-23-24-16-28/h13-16H,1-12H2,(H2,19,25,29)(H2,20,26,30). The van der Waals surface area contributed by atoms with Crippen LogP contribution in [0.15, 0.2) is 25.3 Å². The summed E-state index contributed by atoms with van der Waals surface area (Å²) in [7, 11) is 0. The van der Waals surface area contributed by atoms with Gasteiger partial charge in [0.25, 0.3) is 0 Å². The van der Waals surface area contributed by atoms with Crippen molar-refractivity contribution in [1.82, 2.24) is 40.4 Å². The fraction of sp³-hybridized carbons (Fsp3) is 0.667. The summed E-state index contributed by atoms with van der Waals surface area (Å²) in [6.45, 7) is 1.33. The SMILES string of the molecule is O=C(NCCCCCCCCCCCCNC(=O)Nn1cnnc1)Nn1cnnc1. The van der Waals surface area contributed by atoms with E-state index < -0.39 is 0 Å². The van der Waals surface area contributed by atoms with Gasteiger partial charge in [0.15, 0.2) is 0 Å². The molecule has 166 valence electrons. The molecule has 2 aromatic rings. The molecule has 12 heteroatoms. The summed E-state index contributed by atoms with van der Waals surface area (Å²) in [5.41, 5.74) is 5.18. The summed E-state index contributed by atoms with van der Waals surface area (Å²) < 4.78 is 2.81. The number of unbranched alkanes of at least 4 members (excludes halogenated alkanes) is 9. The van der Waals surface area contributed by atoms with Crippen molar-refractivity contribution in [3.05, 3.63) is 25.3 Å². The number of rotatable bonds is 15. The van der Waals surface area contributed by atoms with Crippen LogP contribution in [0.4, 0.5) is 9.59 Å². The number of carbonyl (C=O) groups excluding carboxylic acids is 2. The van der Waals surface area contributed by atoms with E-state index in [1.807, 2.05) is 0 Å². The Labute approximate surface area is 176 Å². The molecule has 0 aliphatic rings. The lowest BCUT2D eigenvalue weighted by Crippen LogP contribution is -2.34. The molecule has 0 radical (unpaired) electrons. The number of carbonyl (C=O) groups is 2. The van der Waals surface area contributed by atoms with E-state index in [2.05, 4.69) is 41.9 Å². The van der Waals surface area contributed by atoms with Crippen LogP contribution in [-0.2, 0) is 0 Å². The highest BCUT2D eigenvalue weighted by Gasteiger charge is 2.01. The number of nitrogens with one attached hydrogen (secondary N) is 4. The number of urea groups is 2. The molecule has 0 fully saturated rings. The van der Waals surface area contributed by atoms with E-state index in [9.17, 15) is 9.59 Å². The van der Waals surface area contributed by atoms with Crippen LogP contribution in [-0.4, -0.2) is 54.9 Å². The molecule has 2 heterocycles. The van der Waals surface area contributed by atoms with Gasteiger partial charge in [-0.15, -0.1) is 20.4 Å². The summed E-state index contributed by atoms with van der Waals surface area (Å²) in [5, 5.41) is 20.1. The molecule has 2 rings (SSSR count). The van der Waals surface area contributed by atoms with Crippen LogP contribution in [0.5, 0.6) is 0 Å². The van der Waals surface area contributed by atoms with Crippen LogP contribution < -0.4 is 21.5 Å². The highest BCUT2D eigenvalue weighted by molar-refractivity contribution is 5.81. The molecule has 0 saturated carbocycles. The van der Waals surface area contributed by atoms with Gasteiger partial charge < -0.3 is 10.6 Å². The lowest BCUT2D eigenvalue weighted by Gasteiger charge is -2.07. The maximum atomic E-state index is 11.6. The maximum Gasteiger partial charge on any atom is 0.333 e. The van der Waals surface area contributed by atoms with Gasteiger partial charge in [-0.25, -0.2) is 29.8 Å². The topological polar surface area (TPSA) is 144 Å². The molecule has 0 bridgehead atoms. The van der Waals surface area contributed by atoms with E-state index >= 15 is 0 Å². The molecule has 12 nitrogen and oxygen atoms in total. The van der Waals surface area contributed by atoms with Crippen molar-refractivity contribution >= 4 is 12.1 Å². The van der Waals surface area contributed by atoms with Gasteiger partial charge in [-0.05, 0) is 12.8 Å². The Hall–Kier alpha value is -3.18. The number of aromatic nitrogens is 6. The Balaban J connectivity index is 1.27. The van der Waals surface area contributed by atoms with Gasteiger partial charge in [0, 0.05) is 13.1 Å². The van der Waals surface area contributed by atoms with E-state index in [4.69, 9.17) is 0 Å². The summed E-state index contributed by atoms with van der Waals surface area (Å²) in [6, 6.07) is -0.498. The first-order valence-corrected chi connectivity index (χ1v) is 10.5. The van der Waals surface area contributed by atoms with Crippen molar-refractivity contribution in [3.8, 4) is 0 Å². The largest absolute Gasteiger partial charge is 0.337 e. The summed E-state index contributed by atoms with van der Waals surface area (Å²) in [4.78, 5) is 23.2. The normalized spacial score (nSPS) is 10.5. The van der Waals surface area contributed by atoms with Crippen LogP contribution in [0, 0.1) is 0 Å². The molecule has 0 aromatic carbocycles. The first kappa shape index (κ1) is 23.1. The first-order chi connectivity index (χ1) is 14.7. The third-order valence-corrected chi connectivity index (χ3v) is 4.47. The zero-order chi connectivity index (χ0) is 21.3. The number of hydrogen-bond donors (Lipinski definition) is 4. The van der Waals surface area contributed by atoms with Crippen molar-refractivity contribution < 1.29 is 9.59 Å². The minimum absolute atomic E-state index is 0.249. The van der Waals surface area contributed by atoms with Crippen LogP contribution >= 0.6 is 0 Å². The summed E-state index contributed by atoms with van der Waals surface area (Å²) in [6.07, 6.45) is 17.3. The van der Waals surface area contributed by atoms with E-state index in [1.54, 1.807) is 0 Å². The average molecular weight is 421 g/mol. The molecule has 0 spiro atoms. The van der Waals surface area contributed by atoms with E-state index in [1.165, 1.54) is 73.2 Å². The zero-order valence-corrected chi connectivity index (χ0v) is 17.3. The van der Waals surface area contributed by atoms with Gasteiger partial charge in [0.1, 0.15) is 25.3 Å². The van der Waals surface area contributed by atoms with Crippen molar-refractivity contribution in [1.29, 1.82) is 0 Å². The number of amides is 4. The molecule has 0 aliphatic carbocycles. The Kier molecular flexibility index (Phi) is 11.4. The quantitative estimate of drug-likeness (QED) is 0.324. The lowest BCUT2D eigenvalue weighted by atomic mass is 10.1. The molecular formula is C18H32N10O2. The highest BCUT2D eigenvalue weighted by atomic mass is 16.2. The average Bonchev–Trinajstić information content (AvgIpc) is 3.42. The second-order valence-corrected chi connectivity index (χ2v) is 7.01. The van der Waals surface area contributed by atoms with Crippen LogP contribution in [0.25, 0.3) is 0 Å². The number of hydrogen-bond acceptors (Lipinski definition) is 6. The van der Waals surface area contributed by atoms with Gasteiger partial charge >= 0.3 is 12.1 Å². The van der Waals surface area contributed by atoms with Gasteiger partial charge in [-0.1, -0.05) is 51.4 Å². The molecule has 0 aliphatic heterocycles. The van der Waals surface area contributed by atoms with Crippen LogP contribution in [0.2, 0.25) is 0 Å². The van der Waals surface area contributed by atoms with E-state index in [-0.39, 0.29) is 12.1 Å². The molecule has 2 aromatic heterocycles. The van der Waals surface area contributed by atoms with Crippen molar-refractivity contribution in [2.24, 2.45) is 0 Å². The smallest absolute Gasteiger partial charge is 0.333 e. The second-order valence-electron chi connectivity index (χ2n) is 7.01. The van der Waals surface area contributed by atoms with Crippen LogP contribution in [0.1, 0.15) is 64.2 Å². The van der Waals surface area contributed by atoms with Crippen molar-refractivity contribution in [2.75, 3.05) is 23.9 Å². The molecule has 0 unspecified atom stereocenters. The van der Waals surface area contributed by atoms with Crippen molar-refractivity contribution in [3.63, 3.8) is 0 Å². The van der Waals surface area contributed by atoms with Gasteiger partial charge in [0.05, 0.1) is 0 Å². The van der Waals surface area contributed by atoms with Crippen LogP contribution in [0.3, 0.4) is 0 Å². The molecule has 0 atom stereocenters. The third kappa shape index (κ3) is 11.0. The fourth-order valence-corrected chi connectivity index (χ4v) is 2.90. The lowest BCUT2D eigenvalue weighted by molar-refractivity contribution is 0.248.